The summed E-state index contributed by atoms with van der Waals surface area (Å²) in [5.74, 6) is -2.51. The third-order valence-corrected chi connectivity index (χ3v) is 2.17. The van der Waals surface area contributed by atoms with Gasteiger partial charge in [-0.25, -0.2) is 4.79 Å². The number of aliphatic carboxylic acids is 1. The average molecular weight is 288 g/mol. The Morgan fingerprint density at radius 3 is 2.50 bits per heavy atom. The summed E-state index contributed by atoms with van der Waals surface area (Å²) in [7, 11) is 0. The molecule has 1 aromatic rings. The number of aliphatic hydroxyl groups excluding tert-OH is 1. The molecule has 2 N–H and O–H groups in total. The van der Waals surface area contributed by atoms with Gasteiger partial charge in [-0.1, -0.05) is 0 Å². The van der Waals surface area contributed by atoms with Crippen LogP contribution in [0.2, 0.25) is 0 Å². The van der Waals surface area contributed by atoms with Crippen molar-refractivity contribution in [2.75, 3.05) is 0 Å². The molecule has 1 rings (SSSR count). The molecule has 0 heterocycles. The van der Waals surface area contributed by atoms with E-state index in [1.54, 1.807) is 0 Å². The van der Waals surface area contributed by atoms with E-state index in [1.165, 1.54) is 6.07 Å². The van der Waals surface area contributed by atoms with Crippen LogP contribution in [0.3, 0.4) is 0 Å². The van der Waals surface area contributed by atoms with Crippen molar-refractivity contribution in [2.45, 2.75) is 12.7 Å². The molecule has 0 fully saturated rings. The number of halogens is 2. The maximum absolute atomic E-state index is 12.1. The number of carbonyl (C=O) groups is 1. The highest BCUT2D eigenvalue weighted by molar-refractivity contribution is 5.77. The minimum Gasteiger partial charge on any atom is -0.479 e. The molecule has 0 saturated carbocycles. The molecule has 106 valence electrons. The standard InChI is InChI=1S/C10H6F2N2O6/c11-10(12)20-5-1-4(3-13)7(14(18)19)6(2-5)8(15)9(16)17/h1-2,8,10,15H,(H,16,17). The van der Waals surface area contributed by atoms with Crippen molar-refractivity contribution < 1.29 is 33.4 Å². The topological polar surface area (TPSA) is 134 Å². The van der Waals surface area contributed by atoms with E-state index < -0.39 is 46.2 Å². The van der Waals surface area contributed by atoms with Gasteiger partial charge in [0.15, 0.2) is 6.10 Å². The van der Waals surface area contributed by atoms with Crippen molar-refractivity contribution in [1.82, 2.24) is 0 Å². The van der Waals surface area contributed by atoms with Gasteiger partial charge >= 0.3 is 12.6 Å². The third kappa shape index (κ3) is 3.15. The SMILES string of the molecule is N#Cc1cc(OC(F)F)cc(C(O)C(=O)O)c1[N+](=O)[O-]. The Hall–Kier alpha value is -2.80. The Morgan fingerprint density at radius 1 is 1.50 bits per heavy atom. The molecule has 1 aromatic carbocycles. The van der Waals surface area contributed by atoms with Gasteiger partial charge in [-0.15, -0.1) is 0 Å². The number of aliphatic hydroxyl groups is 1. The molecule has 0 amide bonds. The summed E-state index contributed by atoms with van der Waals surface area (Å²) < 4.78 is 28.1. The number of carboxylic acid groups (broad SMARTS) is 1. The second-order valence-electron chi connectivity index (χ2n) is 3.40. The van der Waals surface area contributed by atoms with Crippen molar-refractivity contribution in [2.24, 2.45) is 0 Å². The van der Waals surface area contributed by atoms with Gasteiger partial charge in [0, 0.05) is 6.07 Å². The number of nitriles is 1. The van der Waals surface area contributed by atoms with Crippen molar-refractivity contribution in [1.29, 1.82) is 5.26 Å². The first-order chi connectivity index (χ1) is 9.27. The summed E-state index contributed by atoms with van der Waals surface area (Å²) in [4.78, 5) is 20.4. The van der Waals surface area contributed by atoms with Gasteiger partial charge < -0.3 is 14.9 Å². The first kappa shape index (κ1) is 15.3. The predicted molar refractivity (Wildman–Crippen MR) is 57.0 cm³/mol. The number of ether oxygens (including phenoxy) is 1. The molecule has 0 aliphatic carbocycles. The van der Waals surface area contributed by atoms with E-state index in [4.69, 9.17) is 10.4 Å². The third-order valence-electron chi connectivity index (χ3n) is 2.17. The molecule has 0 saturated heterocycles. The zero-order valence-electron chi connectivity index (χ0n) is 9.49. The number of hydrogen-bond donors (Lipinski definition) is 2. The van der Waals surface area contributed by atoms with Crippen LogP contribution in [0, 0.1) is 21.4 Å². The van der Waals surface area contributed by atoms with E-state index in [0.717, 1.165) is 0 Å². The first-order valence-electron chi connectivity index (χ1n) is 4.86. The van der Waals surface area contributed by atoms with Crippen molar-refractivity contribution in [3.8, 4) is 11.8 Å². The van der Waals surface area contributed by atoms with Crippen LogP contribution in [0.1, 0.15) is 17.2 Å². The maximum Gasteiger partial charge on any atom is 0.387 e. The first-order valence-corrected chi connectivity index (χ1v) is 4.86. The zero-order valence-corrected chi connectivity index (χ0v) is 9.49. The molecule has 1 atom stereocenters. The number of hydrogen-bond acceptors (Lipinski definition) is 6. The van der Waals surface area contributed by atoms with E-state index in [-0.39, 0.29) is 0 Å². The molecule has 0 aliphatic heterocycles. The maximum atomic E-state index is 12.1. The lowest BCUT2D eigenvalue weighted by atomic mass is 10.0. The van der Waals surface area contributed by atoms with Crippen molar-refractivity contribution in [3.05, 3.63) is 33.4 Å². The summed E-state index contributed by atoms with van der Waals surface area (Å²) in [5.41, 5.74) is -2.51. The van der Waals surface area contributed by atoms with Crippen LogP contribution in [-0.2, 0) is 4.79 Å². The summed E-state index contributed by atoms with van der Waals surface area (Å²) in [6.07, 6.45) is -2.36. The molecule has 0 aliphatic rings. The molecular formula is C10H6F2N2O6. The lowest BCUT2D eigenvalue weighted by molar-refractivity contribution is -0.386. The van der Waals surface area contributed by atoms with Gasteiger partial charge in [0.2, 0.25) is 0 Å². The number of nitrogens with zero attached hydrogens (tertiary/aromatic N) is 2. The van der Waals surface area contributed by atoms with E-state index in [2.05, 4.69) is 4.74 Å². The summed E-state index contributed by atoms with van der Waals surface area (Å²) in [5, 5.41) is 37.6. The lowest BCUT2D eigenvalue weighted by Gasteiger charge is -2.11. The Labute approximate surface area is 109 Å². The molecule has 0 radical (unpaired) electrons. The van der Waals surface area contributed by atoms with E-state index in [1.807, 2.05) is 0 Å². The molecule has 1 unspecified atom stereocenters. The summed E-state index contributed by atoms with van der Waals surface area (Å²) in [6, 6.07) is 2.58. The molecule has 0 aromatic heterocycles. The number of carboxylic acids is 1. The van der Waals surface area contributed by atoms with Gasteiger partial charge in [0.1, 0.15) is 17.4 Å². The number of nitro benzene ring substituents is 1. The fourth-order valence-electron chi connectivity index (χ4n) is 1.43. The molecular weight excluding hydrogens is 282 g/mol. The van der Waals surface area contributed by atoms with Gasteiger partial charge in [-0.2, -0.15) is 14.0 Å². The van der Waals surface area contributed by atoms with Crippen LogP contribution in [0.15, 0.2) is 12.1 Å². The Kier molecular flexibility index (Phi) is 4.50. The van der Waals surface area contributed by atoms with Crippen molar-refractivity contribution >= 4 is 11.7 Å². The summed E-state index contributed by atoms with van der Waals surface area (Å²) in [6.45, 7) is -3.28. The fraction of sp³-hybridized carbons (Fsp3) is 0.200. The van der Waals surface area contributed by atoms with Crippen LogP contribution in [0.25, 0.3) is 0 Å². The molecule has 20 heavy (non-hydrogen) atoms. The minimum absolute atomic E-state index is 0.573. The largest absolute Gasteiger partial charge is 0.479 e. The van der Waals surface area contributed by atoms with Crippen LogP contribution >= 0.6 is 0 Å². The highest BCUT2D eigenvalue weighted by atomic mass is 19.3. The van der Waals surface area contributed by atoms with E-state index >= 15 is 0 Å². The summed E-state index contributed by atoms with van der Waals surface area (Å²) >= 11 is 0. The van der Waals surface area contributed by atoms with E-state index in [9.17, 15) is 28.8 Å². The molecule has 8 nitrogen and oxygen atoms in total. The lowest BCUT2D eigenvalue weighted by Crippen LogP contribution is -2.14. The minimum atomic E-state index is -3.28. The van der Waals surface area contributed by atoms with Crippen LogP contribution in [-0.4, -0.2) is 27.7 Å². The van der Waals surface area contributed by atoms with Crippen molar-refractivity contribution in [3.63, 3.8) is 0 Å². The number of alkyl halides is 2. The highest BCUT2D eigenvalue weighted by Crippen LogP contribution is 2.33. The van der Waals surface area contributed by atoms with Gasteiger partial charge in [0.25, 0.3) is 5.69 Å². The van der Waals surface area contributed by atoms with Crippen LogP contribution < -0.4 is 4.74 Å². The van der Waals surface area contributed by atoms with Crippen LogP contribution in [0.4, 0.5) is 14.5 Å². The second-order valence-corrected chi connectivity index (χ2v) is 3.40. The van der Waals surface area contributed by atoms with Crippen LogP contribution in [0.5, 0.6) is 5.75 Å². The van der Waals surface area contributed by atoms with Gasteiger partial charge in [-0.05, 0) is 6.07 Å². The fourth-order valence-corrected chi connectivity index (χ4v) is 1.43. The number of nitro groups is 1. The number of benzene rings is 1. The van der Waals surface area contributed by atoms with E-state index in [0.29, 0.717) is 12.1 Å². The smallest absolute Gasteiger partial charge is 0.387 e. The predicted octanol–water partition coefficient (Wildman–Crippen LogP) is 1.19. The monoisotopic (exact) mass is 288 g/mol. The molecule has 0 bridgehead atoms. The quantitative estimate of drug-likeness (QED) is 0.613. The van der Waals surface area contributed by atoms with Gasteiger partial charge in [-0.3, -0.25) is 10.1 Å². The second kappa shape index (κ2) is 5.89. The van der Waals surface area contributed by atoms with Gasteiger partial charge in [0.05, 0.1) is 10.5 Å². The molecule has 10 heteroatoms. The number of rotatable bonds is 5. The normalized spacial score (nSPS) is 11.8. The highest BCUT2D eigenvalue weighted by Gasteiger charge is 2.30. The zero-order chi connectivity index (χ0) is 15.4. The Bertz CT molecular complexity index is 598. The Balaban J connectivity index is 3.54. The molecule has 0 spiro atoms. The average Bonchev–Trinajstić information content (AvgIpc) is 2.35. The Morgan fingerprint density at radius 2 is 2.10 bits per heavy atom.